The Morgan fingerprint density at radius 1 is 1.41 bits per heavy atom. The Labute approximate surface area is 104 Å². The Hall–Kier alpha value is -1.06. The molecule has 0 aliphatic rings. The molecule has 1 aromatic rings. The third kappa shape index (κ3) is 3.20. The van der Waals surface area contributed by atoms with Gasteiger partial charge in [-0.1, -0.05) is 19.1 Å². The molecule has 1 atom stereocenters. The molecule has 3 heteroatoms. The third-order valence-electron chi connectivity index (χ3n) is 3.05. The van der Waals surface area contributed by atoms with E-state index in [0.29, 0.717) is 0 Å². The summed E-state index contributed by atoms with van der Waals surface area (Å²) in [6, 6.07) is 6.36. The number of hydrogen-bond donors (Lipinski definition) is 2. The Balaban J connectivity index is 3.25. The first kappa shape index (κ1) is 14.0. The minimum absolute atomic E-state index is 0.0731. The summed E-state index contributed by atoms with van der Waals surface area (Å²) in [6.45, 7) is 6.19. The molecular weight excluding hydrogens is 212 g/mol. The number of benzene rings is 1. The van der Waals surface area contributed by atoms with Crippen LogP contribution in [0.3, 0.4) is 0 Å². The van der Waals surface area contributed by atoms with Crippen LogP contribution in [-0.4, -0.2) is 19.7 Å². The van der Waals surface area contributed by atoms with Gasteiger partial charge in [-0.05, 0) is 38.9 Å². The summed E-state index contributed by atoms with van der Waals surface area (Å²) in [5.74, 6) is 0.889. The summed E-state index contributed by atoms with van der Waals surface area (Å²) in [6.07, 6.45) is 1.01. The molecule has 17 heavy (non-hydrogen) atoms. The van der Waals surface area contributed by atoms with E-state index in [1.54, 1.807) is 7.11 Å². The van der Waals surface area contributed by atoms with Crippen LogP contribution in [-0.2, 0) is 6.42 Å². The molecule has 0 aliphatic heterocycles. The summed E-state index contributed by atoms with van der Waals surface area (Å²) in [5.41, 5.74) is 8.30. The average molecular weight is 236 g/mol. The molecule has 0 aromatic heterocycles. The highest BCUT2D eigenvalue weighted by atomic mass is 16.5. The molecular formula is C14H24N2O. The van der Waals surface area contributed by atoms with Gasteiger partial charge in [0.1, 0.15) is 5.75 Å². The van der Waals surface area contributed by atoms with E-state index in [4.69, 9.17) is 10.5 Å². The molecule has 0 aliphatic carbocycles. The topological polar surface area (TPSA) is 47.3 Å². The lowest BCUT2D eigenvalue weighted by atomic mass is 9.88. The van der Waals surface area contributed by atoms with E-state index in [9.17, 15) is 0 Å². The number of hydrogen-bond acceptors (Lipinski definition) is 3. The van der Waals surface area contributed by atoms with Crippen LogP contribution in [0.15, 0.2) is 18.2 Å². The van der Waals surface area contributed by atoms with Gasteiger partial charge >= 0.3 is 0 Å². The van der Waals surface area contributed by atoms with Gasteiger partial charge in [0.05, 0.1) is 13.2 Å². The van der Waals surface area contributed by atoms with Crippen LogP contribution in [0.1, 0.15) is 37.9 Å². The molecule has 0 spiro atoms. The average Bonchev–Trinajstić information content (AvgIpc) is 2.28. The summed E-state index contributed by atoms with van der Waals surface area (Å²) in [5, 5.41) is 3.28. The van der Waals surface area contributed by atoms with E-state index in [2.05, 4.69) is 24.4 Å². The number of ether oxygens (including phenoxy) is 1. The Bertz CT molecular complexity index is 369. The molecule has 3 N–H and O–H groups in total. The highest BCUT2D eigenvalue weighted by Gasteiger charge is 2.27. The van der Waals surface area contributed by atoms with Crippen molar-refractivity contribution in [3.8, 4) is 5.75 Å². The highest BCUT2D eigenvalue weighted by Crippen LogP contribution is 2.31. The smallest absolute Gasteiger partial charge is 0.123 e. The number of methoxy groups -OCH3 is 1. The monoisotopic (exact) mass is 236 g/mol. The van der Waals surface area contributed by atoms with Gasteiger partial charge in [0, 0.05) is 11.1 Å². The first-order chi connectivity index (χ1) is 7.93. The van der Waals surface area contributed by atoms with Crippen LogP contribution in [0.25, 0.3) is 0 Å². The Morgan fingerprint density at radius 2 is 2.06 bits per heavy atom. The predicted octanol–water partition coefficient (Wildman–Crippen LogP) is 2.26. The van der Waals surface area contributed by atoms with Gasteiger partial charge in [0.2, 0.25) is 0 Å². The van der Waals surface area contributed by atoms with E-state index in [1.165, 1.54) is 5.56 Å². The summed E-state index contributed by atoms with van der Waals surface area (Å²) >= 11 is 0. The van der Waals surface area contributed by atoms with Gasteiger partial charge in [-0.3, -0.25) is 0 Å². The first-order valence-corrected chi connectivity index (χ1v) is 6.07. The standard InChI is InChI=1S/C14H24N2O/c1-6-10-7-8-12(17-5)11(9-10)13(16-4)14(2,3)15/h7-9,13,16H,6,15H2,1-5H3. The van der Waals surface area contributed by atoms with Gasteiger partial charge in [0.15, 0.2) is 0 Å². The number of nitrogens with one attached hydrogen (secondary N) is 1. The van der Waals surface area contributed by atoms with Crippen molar-refractivity contribution in [1.29, 1.82) is 0 Å². The number of likely N-dealkylation sites (N-methyl/N-ethyl adjacent to an activating group) is 1. The molecule has 0 heterocycles. The normalized spacial score (nSPS) is 13.5. The largest absolute Gasteiger partial charge is 0.496 e. The maximum Gasteiger partial charge on any atom is 0.123 e. The molecule has 0 saturated carbocycles. The van der Waals surface area contributed by atoms with Gasteiger partial charge in [-0.15, -0.1) is 0 Å². The Kier molecular flexibility index (Phi) is 4.54. The summed E-state index contributed by atoms with van der Waals surface area (Å²) in [4.78, 5) is 0. The van der Waals surface area contributed by atoms with Gasteiger partial charge < -0.3 is 15.8 Å². The molecule has 0 saturated heterocycles. The van der Waals surface area contributed by atoms with Crippen molar-refractivity contribution in [2.24, 2.45) is 5.73 Å². The fourth-order valence-corrected chi connectivity index (χ4v) is 2.16. The number of rotatable bonds is 5. The molecule has 1 unspecified atom stereocenters. The fourth-order valence-electron chi connectivity index (χ4n) is 2.16. The fraction of sp³-hybridized carbons (Fsp3) is 0.571. The SMILES string of the molecule is CCc1ccc(OC)c(C(NC)C(C)(C)N)c1. The van der Waals surface area contributed by atoms with Crippen molar-refractivity contribution in [3.05, 3.63) is 29.3 Å². The lowest BCUT2D eigenvalue weighted by Gasteiger charge is -2.32. The maximum atomic E-state index is 6.22. The highest BCUT2D eigenvalue weighted by molar-refractivity contribution is 5.41. The molecule has 0 fully saturated rings. The predicted molar refractivity (Wildman–Crippen MR) is 72.4 cm³/mol. The minimum Gasteiger partial charge on any atom is -0.496 e. The van der Waals surface area contributed by atoms with Crippen LogP contribution in [0, 0.1) is 0 Å². The van der Waals surface area contributed by atoms with Crippen molar-refractivity contribution < 1.29 is 4.74 Å². The third-order valence-corrected chi connectivity index (χ3v) is 3.05. The second-order valence-corrected chi connectivity index (χ2v) is 4.97. The molecule has 96 valence electrons. The van der Waals surface area contributed by atoms with Crippen molar-refractivity contribution in [2.75, 3.05) is 14.2 Å². The van der Waals surface area contributed by atoms with E-state index in [1.807, 2.05) is 27.0 Å². The molecule has 0 amide bonds. The summed E-state index contributed by atoms with van der Waals surface area (Å²) < 4.78 is 5.43. The van der Waals surface area contributed by atoms with Gasteiger partial charge in [-0.2, -0.15) is 0 Å². The van der Waals surface area contributed by atoms with Crippen molar-refractivity contribution >= 4 is 0 Å². The first-order valence-electron chi connectivity index (χ1n) is 6.07. The van der Waals surface area contributed by atoms with E-state index < -0.39 is 0 Å². The summed E-state index contributed by atoms with van der Waals surface area (Å²) in [7, 11) is 3.62. The molecule has 0 radical (unpaired) electrons. The zero-order valence-electron chi connectivity index (χ0n) is 11.5. The minimum atomic E-state index is -0.339. The second kappa shape index (κ2) is 5.52. The van der Waals surface area contributed by atoms with Crippen LogP contribution in [0.2, 0.25) is 0 Å². The lowest BCUT2D eigenvalue weighted by molar-refractivity contribution is 0.346. The van der Waals surface area contributed by atoms with Crippen LogP contribution in [0.5, 0.6) is 5.75 Å². The lowest BCUT2D eigenvalue weighted by Crippen LogP contribution is -2.45. The van der Waals surface area contributed by atoms with Gasteiger partial charge in [0.25, 0.3) is 0 Å². The molecule has 1 rings (SSSR count). The molecule has 1 aromatic carbocycles. The van der Waals surface area contributed by atoms with Gasteiger partial charge in [-0.25, -0.2) is 0 Å². The zero-order chi connectivity index (χ0) is 13.1. The van der Waals surface area contributed by atoms with Crippen molar-refractivity contribution in [1.82, 2.24) is 5.32 Å². The van der Waals surface area contributed by atoms with Crippen molar-refractivity contribution in [2.45, 2.75) is 38.8 Å². The molecule has 3 nitrogen and oxygen atoms in total. The van der Waals surface area contributed by atoms with E-state index in [0.717, 1.165) is 17.7 Å². The second-order valence-electron chi connectivity index (χ2n) is 4.97. The zero-order valence-corrected chi connectivity index (χ0v) is 11.5. The molecule has 0 bridgehead atoms. The number of aryl methyl sites for hydroxylation is 1. The Morgan fingerprint density at radius 3 is 2.47 bits per heavy atom. The maximum absolute atomic E-state index is 6.22. The van der Waals surface area contributed by atoms with Crippen molar-refractivity contribution in [3.63, 3.8) is 0 Å². The van der Waals surface area contributed by atoms with Crippen LogP contribution < -0.4 is 15.8 Å². The van der Waals surface area contributed by atoms with E-state index >= 15 is 0 Å². The van der Waals surface area contributed by atoms with E-state index in [-0.39, 0.29) is 11.6 Å². The number of nitrogens with two attached hydrogens (primary N) is 1. The van der Waals surface area contributed by atoms with Crippen LogP contribution >= 0.6 is 0 Å². The van der Waals surface area contributed by atoms with Crippen LogP contribution in [0.4, 0.5) is 0 Å². The quantitative estimate of drug-likeness (QED) is 0.824.